The van der Waals surface area contributed by atoms with Gasteiger partial charge in [0.25, 0.3) is 5.91 Å². The van der Waals surface area contributed by atoms with Crippen LogP contribution in [-0.2, 0) is 0 Å². The molecule has 0 fully saturated rings. The van der Waals surface area contributed by atoms with Crippen LogP contribution in [0.3, 0.4) is 0 Å². The molecule has 1 amide bonds. The van der Waals surface area contributed by atoms with Crippen molar-refractivity contribution in [2.75, 3.05) is 0 Å². The largest absolute Gasteiger partial charge is 0.343 e. The molecule has 0 aliphatic rings. The van der Waals surface area contributed by atoms with E-state index in [4.69, 9.17) is 0 Å². The third-order valence-electron chi connectivity index (χ3n) is 3.41. The number of carbonyl (C=O) groups is 1. The maximum atomic E-state index is 12.6. The van der Waals surface area contributed by atoms with Gasteiger partial charge in [-0.2, -0.15) is 5.10 Å². The molecule has 0 spiro atoms. The number of thiazole rings is 1. The Morgan fingerprint density at radius 2 is 2.18 bits per heavy atom. The summed E-state index contributed by atoms with van der Waals surface area (Å²) in [6, 6.07) is 9.62. The molecule has 1 atom stereocenters. The van der Waals surface area contributed by atoms with E-state index in [9.17, 15) is 4.79 Å². The molecule has 3 rings (SSSR count). The van der Waals surface area contributed by atoms with Gasteiger partial charge in [-0.1, -0.05) is 37.3 Å². The van der Waals surface area contributed by atoms with E-state index in [0.717, 1.165) is 22.7 Å². The van der Waals surface area contributed by atoms with Crippen LogP contribution in [0.5, 0.6) is 0 Å². The first-order valence-corrected chi connectivity index (χ1v) is 7.96. The maximum absolute atomic E-state index is 12.6. The van der Waals surface area contributed by atoms with Crippen LogP contribution in [0.15, 0.2) is 48.1 Å². The second kappa shape index (κ2) is 6.53. The monoisotopic (exact) mass is 312 g/mol. The number of benzene rings is 1. The van der Waals surface area contributed by atoms with Crippen molar-refractivity contribution >= 4 is 17.2 Å². The normalized spacial score (nSPS) is 12.0. The molecule has 0 aliphatic carbocycles. The molecule has 0 radical (unpaired) electrons. The summed E-state index contributed by atoms with van der Waals surface area (Å²) in [6.07, 6.45) is 4.10. The van der Waals surface area contributed by atoms with Crippen molar-refractivity contribution in [3.63, 3.8) is 0 Å². The Balaban J connectivity index is 1.83. The van der Waals surface area contributed by atoms with Crippen LogP contribution in [0, 0.1) is 0 Å². The van der Waals surface area contributed by atoms with E-state index in [1.54, 1.807) is 23.7 Å². The van der Waals surface area contributed by atoms with Crippen molar-refractivity contribution < 1.29 is 4.79 Å². The first-order chi connectivity index (χ1) is 10.8. The molecule has 2 heterocycles. The van der Waals surface area contributed by atoms with Gasteiger partial charge in [0.05, 0.1) is 23.5 Å². The summed E-state index contributed by atoms with van der Waals surface area (Å²) in [5.41, 5.74) is 2.21. The van der Waals surface area contributed by atoms with E-state index in [-0.39, 0.29) is 11.9 Å². The molecule has 0 saturated heterocycles. The van der Waals surface area contributed by atoms with E-state index in [0.29, 0.717) is 5.56 Å². The summed E-state index contributed by atoms with van der Waals surface area (Å²) in [5, 5.41) is 12.8. The lowest BCUT2D eigenvalue weighted by Gasteiger charge is -2.14. The summed E-state index contributed by atoms with van der Waals surface area (Å²) in [5.74, 6) is -0.144. The zero-order valence-corrected chi connectivity index (χ0v) is 12.9. The van der Waals surface area contributed by atoms with E-state index in [1.807, 2.05) is 42.6 Å². The fourth-order valence-electron chi connectivity index (χ4n) is 2.26. The first kappa shape index (κ1) is 14.5. The Bertz CT molecular complexity index is 737. The van der Waals surface area contributed by atoms with Gasteiger partial charge < -0.3 is 5.32 Å². The van der Waals surface area contributed by atoms with Gasteiger partial charge in [0.2, 0.25) is 0 Å². The Labute approximate surface area is 132 Å². The molecule has 0 bridgehead atoms. The summed E-state index contributed by atoms with van der Waals surface area (Å²) >= 11 is 1.55. The van der Waals surface area contributed by atoms with Gasteiger partial charge in [-0.25, -0.2) is 4.98 Å². The van der Waals surface area contributed by atoms with Crippen LogP contribution in [0.1, 0.15) is 34.8 Å². The topological polar surface area (TPSA) is 70.7 Å². The zero-order valence-electron chi connectivity index (χ0n) is 12.1. The predicted molar refractivity (Wildman–Crippen MR) is 86.6 cm³/mol. The lowest BCUT2D eigenvalue weighted by molar-refractivity contribution is 0.0936. The molecule has 0 saturated carbocycles. The Hall–Kier alpha value is -2.47. The van der Waals surface area contributed by atoms with Gasteiger partial charge in [0, 0.05) is 17.1 Å². The average molecular weight is 312 g/mol. The number of rotatable bonds is 5. The maximum Gasteiger partial charge on any atom is 0.255 e. The van der Waals surface area contributed by atoms with E-state index >= 15 is 0 Å². The number of aromatic nitrogens is 3. The first-order valence-electron chi connectivity index (χ1n) is 7.08. The van der Waals surface area contributed by atoms with Crippen molar-refractivity contribution in [1.82, 2.24) is 20.5 Å². The number of hydrogen-bond donors (Lipinski definition) is 2. The lowest BCUT2D eigenvalue weighted by atomic mass is 10.1. The number of nitrogens with one attached hydrogen (secondary N) is 2. The van der Waals surface area contributed by atoms with Crippen molar-refractivity contribution in [2.24, 2.45) is 0 Å². The summed E-state index contributed by atoms with van der Waals surface area (Å²) in [7, 11) is 0. The third-order valence-corrected chi connectivity index (χ3v) is 4.30. The molecule has 5 nitrogen and oxygen atoms in total. The molecule has 6 heteroatoms. The van der Waals surface area contributed by atoms with Crippen molar-refractivity contribution in [3.8, 4) is 11.3 Å². The molecule has 2 N–H and O–H groups in total. The van der Waals surface area contributed by atoms with Gasteiger partial charge in [0.1, 0.15) is 5.01 Å². The molecule has 3 aromatic rings. The highest BCUT2D eigenvalue weighted by molar-refractivity contribution is 7.09. The van der Waals surface area contributed by atoms with Gasteiger partial charge in [0.15, 0.2) is 0 Å². The van der Waals surface area contributed by atoms with Crippen LogP contribution >= 0.6 is 11.3 Å². The molecule has 0 aliphatic heterocycles. The third kappa shape index (κ3) is 2.92. The molecule has 22 heavy (non-hydrogen) atoms. The zero-order chi connectivity index (χ0) is 15.4. The van der Waals surface area contributed by atoms with Crippen LogP contribution < -0.4 is 5.32 Å². The number of aromatic amines is 1. The quantitative estimate of drug-likeness (QED) is 0.758. The molecule has 2 aromatic heterocycles. The second-order valence-electron chi connectivity index (χ2n) is 4.83. The number of H-pyrrole nitrogens is 1. The van der Waals surface area contributed by atoms with Gasteiger partial charge in [-0.3, -0.25) is 9.89 Å². The smallest absolute Gasteiger partial charge is 0.255 e. The number of amides is 1. The molecular weight excluding hydrogens is 296 g/mol. The van der Waals surface area contributed by atoms with E-state index in [1.165, 1.54) is 0 Å². The minimum Gasteiger partial charge on any atom is -0.343 e. The van der Waals surface area contributed by atoms with Crippen molar-refractivity contribution in [1.29, 1.82) is 0 Å². The standard InChI is InChI=1S/C16H16N4OS/c1-2-13(16-17-8-9-22-16)19-15(21)12-10-18-20-14(12)11-6-4-3-5-7-11/h3-10,13H,2H2,1H3,(H,18,20)(H,19,21)/t13-/m0/s1. The van der Waals surface area contributed by atoms with Crippen molar-refractivity contribution in [3.05, 3.63) is 58.7 Å². The van der Waals surface area contributed by atoms with E-state index < -0.39 is 0 Å². The molecule has 0 unspecified atom stereocenters. The van der Waals surface area contributed by atoms with Crippen LogP contribution in [0.25, 0.3) is 11.3 Å². The molecule has 112 valence electrons. The highest BCUT2D eigenvalue weighted by atomic mass is 32.1. The van der Waals surface area contributed by atoms with Gasteiger partial charge >= 0.3 is 0 Å². The molecular formula is C16H16N4OS. The second-order valence-corrected chi connectivity index (χ2v) is 5.76. The Kier molecular flexibility index (Phi) is 4.29. The Morgan fingerprint density at radius 3 is 2.86 bits per heavy atom. The predicted octanol–water partition coefficient (Wildman–Crippen LogP) is 3.41. The number of nitrogens with zero attached hydrogens (tertiary/aromatic N) is 2. The summed E-state index contributed by atoms with van der Waals surface area (Å²) in [6.45, 7) is 2.03. The van der Waals surface area contributed by atoms with Gasteiger partial charge in [-0.05, 0) is 6.42 Å². The Morgan fingerprint density at radius 1 is 1.36 bits per heavy atom. The van der Waals surface area contributed by atoms with Gasteiger partial charge in [-0.15, -0.1) is 11.3 Å². The fourth-order valence-corrected chi connectivity index (χ4v) is 3.04. The SMILES string of the molecule is CC[C@H](NC(=O)c1cn[nH]c1-c1ccccc1)c1nccs1. The minimum absolute atomic E-state index is 0.0778. The summed E-state index contributed by atoms with van der Waals surface area (Å²) in [4.78, 5) is 16.9. The number of carbonyl (C=O) groups excluding carboxylic acids is 1. The highest BCUT2D eigenvalue weighted by Gasteiger charge is 2.20. The minimum atomic E-state index is -0.144. The van der Waals surface area contributed by atoms with Crippen LogP contribution in [0.2, 0.25) is 0 Å². The number of hydrogen-bond acceptors (Lipinski definition) is 4. The van der Waals surface area contributed by atoms with Crippen LogP contribution in [-0.4, -0.2) is 21.1 Å². The van der Waals surface area contributed by atoms with Crippen molar-refractivity contribution in [2.45, 2.75) is 19.4 Å². The van der Waals surface area contributed by atoms with E-state index in [2.05, 4.69) is 20.5 Å². The summed E-state index contributed by atoms with van der Waals surface area (Å²) < 4.78 is 0. The molecule has 1 aromatic carbocycles. The fraction of sp³-hybridized carbons (Fsp3) is 0.188. The lowest BCUT2D eigenvalue weighted by Crippen LogP contribution is -2.28. The average Bonchev–Trinajstić information content (AvgIpc) is 3.24. The van der Waals surface area contributed by atoms with Crippen LogP contribution in [0.4, 0.5) is 0 Å². The highest BCUT2D eigenvalue weighted by Crippen LogP contribution is 2.23.